The number of carbonyl (C=O) groups is 2. The number of aliphatic hydroxyl groups is 1. The van der Waals surface area contributed by atoms with Crippen LogP contribution < -0.4 is 5.32 Å². The highest BCUT2D eigenvalue weighted by Crippen LogP contribution is 2.10. The van der Waals surface area contributed by atoms with Crippen molar-refractivity contribution in [2.75, 3.05) is 6.54 Å². The molecule has 0 radical (unpaired) electrons. The molecule has 1 heterocycles. The van der Waals surface area contributed by atoms with Crippen LogP contribution in [0.5, 0.6) is 0 Å². The van der Waals surface area contributed by atoms with Gasteiger partial charge in [-0.05, 0) is 22.0 Å². The molecule has 0 spiro atoms. The maximum Gasteiger partial charge on any atom is 0.332 e. The van der Waals surface area contributed by atoms with E-state index in [2.05, 4.69) is 26.2 Å². The van der Waals surface area contributed by atoms with Crippen molar-refractivity contribution in [2.24, 2.45) is 0 Å². The Bertz CT molecular complexity index is 391. The Hall–Kier alpha value is -1.34. The fraction of sp³-hybridized carbons (Fsp3) is 0.333. The van der Waals surface area contributed by atoms with Crippen molar-refractivity contribution in [2.45, 2.75) is 12.5 Å². The third kappa shape index (κ3) is 3.67. The number of aromatic nitrogens is 1. The minimum atomic E-state index is -1.45. The Kier molecular flexibility index (Phi) is 4.51. The molecule has 1 rings (SSSR count). The fourth-order valence-electron chi connectivity index (χ4n) is 1.04. The number of carboxylic acids is 1. The second kappa shape index (κ2) is 5.66. The van der Waals surface area contributed by atoms with E-state index in [-0.39, 0.29) is 18.9 Å². The number of aromatic amines is 1. The Morgan fingerprint density at radius 3 is 2.75 bits per heavy atom. The van der Waals surface area contributed by atoms with Crippen LogP contribution in [0.2, 0.25) is 0 Å². The first-order valence-corrected chi connectivity index (χ1v) is 5.33. The summed E-state index contributed by atoms with van der Waals surface area (Å²) in [6.07, 6.45) is 0.139. The van der Waals surface area contributed by atoms with Crippen molar-refractivity contribution < 1.29 is 19.8 Å². The summed E-state index contributed by atoms with van der Waals surface area (Å²) in [4.78, 5) is 24.4. The first kappa shape index (κ1) is 12.7. The number of aliphatic hydroxyl groups excluding tert-OH is 1. The van der Waals surface area contributed by atoms with E-state index in [0.717, 1.165) is 4.47 Å². The van der Waals surface area contributed by atoms with Gasteiger partial charge in [0.15, 0.2) is 6.10 Å². The second-order valence-electron chi connectivity index (χ2n) is 3.13. The summed E-state index contributed by atoms with van der Waals surface area (Å²) in [5.41, 5.74) is 0.372. The molecule has 7 heteroatoms. The largest absolute Gasteiger partial charge is 0.479 e. The summed E-state index contributed by atoms with van der Waals surface area (Å²) in [5, 5.41) is 19.8. The van der Waals surface area contributed by atoms with Gasteiger partial charge in [0.05, 0.1) is 0 Å². The average molecular weight is 291 g/mol. The minimum Gasteiger partial charge on any atom is -0.479 e. The molecule has 0 saturated carbocycles. The zero-order chi connectivity index (χ0) is 12.1. The molecule has 1 atom stereocenters. The van der Waals surface area contributed by atoms with Crippen molar-refractivity contribution in [1.82, 2.24) is 10.3 Å². The van der Waals surface area contributed by atoms with Crippen molar-refractivity contribution in [1.29, 1.82) is 0 Å². The lowest BCUT2D eigenvalue weighted by Gasteiger charge is -2.06. The summed E-state index contributed by atoms with van der Waals surface area (Å²) in [5.74, 6) is -1.64. The lowest BCUT2D eigenvalue weighted by Crippen LogP contribution is -2.30. The Morgan fingerprint density at radius 1 is 1.56 bits per heavy atom. The van der Waals surface area contributed by atoms with Gasteiger partial charge in [0.1, 0.15) is 5.69 Å². The first-order valence-electron chi connectivity index (χ1n) is 4.53. The predicted octanol–water partition coefficient (Wildman–Crippen LogP) is 0.343. The number of aliphatic carboxylic acids is 1. The standard InChI is InChI=1S/C9H11BrN2O4/c10-5-3-6(12-4-5)8(14)11-2-1-7(13)9(15)16/h3-4,7,12-13H,1-2H2,(H,11,14)(H,15,16). The molecular formula is C9H11BrN2O4. The number of hydrogen-bond acceptors (Lipinski definition) is 3. The monoisotopic (exact) mass is 290 g/mol. The van der Waals surface area contributed by atoms with E-state index in [0.29, 0.717) is 5.69 Å². The Labute approximate surface area is 99.8 Å². The number of hydrogen-bond donors (Lipinski definition) is 4. The fourth-order valence-corrected chi connectivity index (χ4v) is 1.38. The third-order valence-electron chi connectivity index (χ3n) is 1.88. The summed E-state index contributed by atoms with van der Waals surface area (Å²) >= 11 is 3.18. The van der Waals surface area contributed by atoms with Gasteiger partial charge < -0.3 is 20.5 Å². The third-order valence-corrected chi connectivity index (χ3v) is 2.34. The molecule has 0 bridgehead atoms. The number of halogens is 1. The number of nitrogens with one attached hydrogen (secondary N) is 2. The molecule has 0 saturated heterocycles. The Balaban J connectivity index is 2.34. The maximum atomic E-state index is 11.4. The van der Waals surface area contributed by atoms with Crippen LogP contribution >= 0.6 is 15.9 Å². The number of carbonyl (C=O) groups excluding carboxylic acids is 1. The predicted molar refractivity (Wildman–Crippen MR) is 59.1 cm³/mol. The van der Waals surface area contributed by atoms with E-state index < -0.39 is 12.1 Å². The molecule has 0 aromatic carbocycles. The van der Waals surface area contributed by atoms with Crippen molar-refractivity contribution in [3.05, 3.63) is 22.4 Å². The molecule has 1 unspecified atom stereocenters. The van der Waals surface area contributed by atoms with Crippen LogP contribution in [0.15, 0.2) is 16.7 Å². The van der Waals surface area contributed by atoms with Gasteiger partial charge in [0.2, 0.25) is 0 Å². The maximum absolute atomic E-state index is 11.4. The van der Waals surface area contributed by atoms with Crippen LogP contribution in [0.1, 0.15) is 16.9 Å². The number of H-pyrrole nitrogens is 1. The number of amides is 1. The molecular weight excluding hydrogens is 280 g/mol. The number of rotatable bonds is 5. The van der Waals surface area contributed by atoms with Crippen molar-refractivity contribution >= 4 is 27.8 Å². The normalized spacial score (nSPS) is 12.1. The molecule has 1 aromatic rings. The average Bonchev–Trinajstić information content (AvgIpc) is 2.64. The van der Waals surface area contributed by atoms with Gasteiger partial charge in [-0.1, -0.05) is 0 Å². The highest BCUT2D eigenvalue weighted by Gasteiger charge is 2.13. The highest BCUT2D eigenvalue weighted by atomic mass is 79.9. The van der Waals surface area contributed by atoms with Crippen molar-refractivity contribution in [3.8, 4) is 0 Å². The molecule has 88 valence electrons. The first-order chi connectivity index (χ1) is 7.50. The second-order valence-corrected chi connectivity index (χ2v) is 4.05. The van der Waals surface area contributed by atoms with Gasteiger partial charge in [0, 0.05) is 23.6 Å². The molecule has 0 fully saturated rings. The highest BCUT2D eigenvalue weighted by molar-refractivity contribution is 9.10. The van der Waals surface area contributed by atoms with Gasteiger partial charge in [0.25, 0.3) is 5.91 Å². The molecule has 6 nitrogen and oxygen atoms in total. The minimum absolute atomic E-state index is 0.0248. The zero-order valence-corrected chi connectivity index (χ0v) is 9.82. The zero-order valence-electron chi connectivity index (χ0n) is 8.24. The van der Waals surface area contributed by atoms with Gasteiger partial charge >= 0.3 is 5.97 Å². The lowest BCUT2D eigenvalue weighted by molar-refractivity contribution is -0.146. The molecule has 0 aliphatic heterocycles. The SMILES string of the molecule is O=C(NCCC(O)C(=O)O)c1cc(Br)c[nH]1. The van der Waals surface area contributed by atoms with Crippen LogP contribution in [-0.4, -0.2) is 39.7 Å². The van der Waals surface area contributed by atoms with Gasteiger partial charge in [-0.25, -0.2) is 4.79 Å². The summed E-state index contributed by atoms with van der Waals surface area (Å²) in [6, 6.07) is 1.60. The van der Waals surface area contributed by atoms with Crippen LogP contribution in [0.3, 0.4) is 0 Å². The lowest BCUT2D eigenvalue weighted by atomic mass is 10.2. The van der Waals surface area contributed by atoms with Gasteiger partial charge in [-0.2, -0.15) is 0 Å². The van der Waals surface area contributed by atoms with E-state index in [9.17, 15) is 9.59 Å². The van der Waals surface area contributed by atoms with E-state index in [1.54, 1.807) is 12.3 Å². The van der Waals surface area contributed by atoms with Crippen molar-refractivity contribution in [3.63, 3.8) is 0 Å². The summed E-state index contributed by atoms with van der Waals surface area (Å²) < 4.78 is 0.753. The van der Waals surface area contributed by atoms with Gasteiger partial charge in [-0.3, -0.25) is 4.79 Å². The van der Waals surface area contributed by atoms with Crippen LogP contribution in [0, 0.1) is 0 Å². The quantitative estimate of drug-likeness (QED) is 0.628. The molecule has 0 aliphatic rings. The van der Waals surface area contributed by atoms with Crippen LogP contribution in [-0.2, 0) is 4.79 Å². The molecule has 16 heavy (non-hydrogen) atoms. The molecule has 4 N–H and O–H groups in total. The molecule has 0 aliphatic carbocycles. The van der Waals surface area contributed by atoms with E-state index in [4.69, 9.17) is 10.2 Å². The Morgan fingerprint density at radius 2 is 2.25 bits per heavy atom. The topological polar surface area (TPSA) is 102 Å². The van der Waals surface area contributed by atoms with E-state index in [1.165, 1.54) is 0 Å². The summed E-state index contributed by atoms with van der Waals surface area (Å²) in [7, 11) is 0. The number of carboxylic acid groups (broad SMARTS) is 1. The molecule has 1 amide bonds. The van der Waals surface area contributed by atoms with E-state index >= 15 is 0 Å². The molecule has 1 aromatic heterocycles. The van der Waals surface area contributed by atoms with Crippen LogP contribution in [0.4, 0.5) is 0 Å². The smallest absolute Gasteiger partial charge is 0.332 e. The van der Waals surface area contributed by atoms with Gasteiger partial charge in [-0.15, -0.1) is 0 Å². The van der Waals surface area contributed by atoms with E-state index in [1.807, 2.05) is 0 Å². The summed E-state index contributed by atoms with van der Waals surface area (Å²) in [6.45, 7) is 0.100. The van der Waals surface area contributed by atoms with Crippen LogP contribution in [0.25, 0.3) is 0 Å².